The minimum Gasteiger partial charge on any atom is -0.497 e. The Kier molecular flexibility index (Phi) is 5.71. The molecule has 6 heteroatoms. The molecule has 2 aromatic carbocycles. The number of H-pyrrole nitrogens is 1. The first kappa shape index (κ1) is 19.3. The highest BCUT2D eigenvalue weighted by atomic mass is 16.5. The fraction of sp³-hybridized carbons (Fsp3) is 0.348. The summed E-state index contributed by atoms with van der Waals surface area (Å²) in [5.41, 5.74) is 4.17. The molecule has 1 aromatic heterocycles. The molecule has 0 aliphatic carbocycles. The smallest absolute Gasteiger partial charge is 0.222 e. The third-order valence-electron chi connectivity index (χ3n) is 5.55. The lowest BCUT2D eigenvalue weighted by Gasteiger charge is -2.27. The molecule has 29 heavy (non-hydrogen) atoms. The highest BCUT2D eigenvalue weighted by Gasteiger charge is 2.20. The largest absolute Gasteiger partial charge is 0.497 e. The van der Waals surface area contributed by atoms with Gasteiger partial charge in [-0.25, -0.2) is 0 Å². The van der Waals surface area contributed by atoms with E-state index in [1.165, 1.54) is 0 Å². The topological polar surface area (TPSA) is 66.6 Å². The van der Waals surface area contributed by atoms with Crippen LogP contribution in [0, 0.1) is 0 Å². The Morgan fingerprint density at radius 2 is 1.86 bits per heavy atom. The maximum absolute atomic E-state index is 12.7. The summed E-state index contributed by atoms with van der Waals surface area (Å²) >= 11 is 0. The van der Waals surface area contributed by atoms with Gasteiger partial charge in [0.25, 0.3) is 0 Å². The number of aromatic amines is 1. The van der Waals surface area contributed by atoms with Crippen LogP contribution in [0.5, 0.6) is 11.5 Å². The average molecular weight is 393 g/mol. The standard InChI is InChI=1S/C23H27N3O3/c1-28-16-7-8-19(21(15-16)29-2)23-18(17-5-3-4-6-20(17)25-23)9-10-22(27)26-13-11-24-12-14-26/h3-8,15,24-25H,9-14H2,1-2H3. The first-order valence-corrected chi connectivity index (χ1v) is 10.0. The van der Waals surface area contributed by atoms with Gasteiger partial charge in [-0.3, -0.25) is 4.79 Å². The van der Waals surface area contributed by atoms with E-state index < -0.39 is 0 Å². The highest BCUT2D eigenvalue weighted by Crippen LogP contribution is 2.38. The number of carbonyl (C=O) groups excluding carboxylic acids is 1. The highest BCUT2D eigenvalue weighted by molar-refractivity contribution is 5.92. The number of carbonyl (C=O) groups is 1. The maximum Gasteiger partial charge on any atom is 0.222 e. The van der Waals surface area contributed by atoms with Gasteiger partial charge in [-0.1, -0.05) is 18.2 Å². The third kappa shape index (κ3) is 3.93. The summed E-state index contributed by atoms with van der Waals surface area (Å²) in [7, 11) is 3.30. The zero-order valence-corrected chi connectivity index (χ0v) is 17.0. The third-order valence-corrected chi connectivity index (χ3v) is 5.55. The molecule has 2 N–H and O–H groups in total. The molecule has 0 unspecified atom stereocenters. The number of rotatable bonds is 6. The molecule has 1 aliphatic rings. The molecule has 6 nitrogen and oxygen atoms in total. The fourth-order valence-electron chi connectivity index (χ4n) is 4.00. The normalized spacial score (nSPS) is 14.2. The molecular formula is C23H27N3O3. The molecule has 1 aliphatic heterocycles. The number of benzene rings is 2. The quantitative estimate of drug-likeness (QED) is 0.675. The first-order chi connectivity index (χ1) is 14.2. The number of nitrogens with zero attached hydrogens (tertiary/aromatic N) is 1. The number of methoxy groups -OCH3 is 2. The lowest BCUT2D eigenvalue weighted by molar-refractivity contribution is -0.131. The average Bonchev–Trinajstić information content (AvgIpc) is 3.15. The number of hydrogen-bond acceptors (Lipinski definition) is 4. The summed E-state index contributed by atoms with van der Waals surface area (Å²) in [6.45, 7) is 3.30. The van der Waals surface area contributed by atoms with E-state index in [4.69, 9.17) is 9.47 Å². The molecule has 1 amide bonds. The number of piperazine rings is 1. The van der Waals surface area contributed by atoms with Crippen LogP contribution in [-0.4, -0.2) is 56.2 Å². The minimum absolute atomic E-state index is 0.212. The van der Waals surface area contributed by atoms with Crippen molar-refractivity contribution in [1.29, 1.82) is 0 Å². The van der Waals surface area contributed by atoms with Gasteiger partial charge in [-0.2, -0.15) is 0 Å². The van der Waals surface area contributed by atoms with Gasteiger partial charge in [0.05, 0.1) is 19.9 Å². The van der Waals surface area contributed by atoms with Crippen molar-refractivity contribution in [3.8, 4) is 22.8 Å². The van der Waals surface area contributed by atoms with E-state index >= 15 is 0 Å². The van der Waals surface area contributed by atoms with Crippen LogP contribution < -0.4 is 14.8 Å². The molecule has 0 bridgehead atoms. The zero-order chi connectivity index (χ0) is 20.2. The summed E-state index contributed by atoms with van der Waals surface area (Å²) in [6.07, 6.45) is 1.17. The molecule has 0 spiro atoms. The van der Waals surface area contributed by atoms with Crippen LogP contribution >= 0.6 is 0 Å². The molecule has 4 rings (SSSR count). The van der Waals surface area contributed by atoms with Crippen LogP contribution in [0.15, 0.2) is 42.5 Å². The van der Waals surface area contributed by atoms with Crippen molar-refractivity contribution in [2.24, 2.45) is 0 Å². The van der Waals surface area contributed by atoms with E-state index in [9.17, 15) is 4.79 Å². The van der Waals surface area contributed by atoms with Gasteiger partial charge >= 0.3 is 0 Å². The lowest BCUT2D eigenvalue weighted by Crippen LogP contribution is -2.46. The van der Waals surface area contributed by atoms with Gasteiger partial charge < -0.3 is 24.7 Å². The number of fused-ring (bicyclic) bond motifs is 1. The molecule has 0 saturated carbocycles. The monoisotopic (exact) mass is 393 g/mol. The second-order valence-electron chi connectivity index (χ2n) is 7.22. The molecule has 0 atom stereocenters. The molecule has 152 valence electrons. The summed E-state index contributed by atoms with van der Waals surface area (Å²) < 4.78 is 11.0. The summed E-state index contributed by atoms with van der Waals surface area (Å²) in [6, 6.07) is 14.0. The van der Waals surface area contributed by atoms with Crippen LogP contribution in [0.2, 0.25) is 0 Å². The predicted octanol–water partition coefficient (Wildman–Crippen LogP) is 3.22. The molecule has 1 saturated heterocycles. The summed E-state index contributed by atoms with van der Waals surface area (Å²) in [4.78, 5) is 18.2. The fourth-order valence-corrected chi connectivity index (χ4v) is 4.00. The predicted molar refractivity (Wildman–Crippen MR) is 115 cm³/mol. The van der Waals surface area contributed by atoms with Gasteiger partial charge in [0.2, 0.25) is 5.91 Å². The van der Waals surface area contributed by atoms with E-state index in [0.717, 1.165) is 65.4 Å². The van der Waals surface area contributed by atoms with E-state index in [1.54, 1.807) is 14.2 Å². The number of nitrogens with one attached hydrogen (secondary N) is 2. The Morgan fingerprint density at radius 1 is 1.07 bits per heavy atom. The van der Waals surface area contributed by atoms with Gasteiger partial charge in [-0.15, -0.1) is 0 Å². The lowest BCUT2D eigenvalue weighted by atomic mass is 10.00. The number of amides is 1. The number of aryl methyl sites for hydroxylation is 1. The van der Waals surface area contributed by atoms with Crippen molar-refractivity contribution < 1.29 is 14.3 Å². The second kappa shape index (κ2) is 8.57. The van der Waals surface area contributed by atoms with E-state index in [2.05, 4.69) is 22.4 Å². The van der Waals surface area contributed by atoms with Crippen molar-refractivity contribution in [1.82, 2.24) is 15.2 Å². The Balaban J connectivity index is 1.69. The number of ether oxygens (including phenoxy) is 2. The zero-order valence-electron chi connectivity index (χ0n) is 17.0. The van der Waals surface area contributed by atoms with E-state index in [0.29, 0.717) is 12.8 Å². The van der Waals surface area contributed by atoms with Crippen molar-refractivity contribution in [2.75, 3.05) is 40.4 Å². The Bertz CT molecular complexity index is 1010. The van der Waals surface area contributed by atoms with Gasteiger partial charge in [0.1, 0.15) is 11.5 Å². The van der Waals surface area contributed by atoms with Crippen LogP contribution in [-0.2, 0) is 11.2 Å². The van der Waals surface area contributed by atoms with Crippen LogP contribution in [0.25, 0.3) is 22.2 Å². The first-order valence-electron chi connectivity index (χ1n) is 10.0. The number of aromatic nitrogens is 1. The summed E-state index contributed by atoms with van der Waals surface area (Å²) in [5, 5.41) is 4.44. The van der Waals surface area contributed by atoms with Gasteiger partial charge in [-0.05, 0) is 30.2 Å². The van der Waals surface area contributed by atoms with Crippen molar-refractivity contribution in [2.45, 2.75) is 12.8 Å². The Morgan fingerprint density at radius 3 is 2.62 bits per heavy atom. The van der Waals surface area contributed by atoms with Crippen LogP contribution in [0.3, 0.4) is 0 Å². The Hall–Kier alpha value is -2.99. The Labute approximate surface area is 170 Å². The number of para-hydroxylation sites is 1. The molecule has 1 fully saturated rings. The van der Waals surface area contributed by atoms with Gasteiger partial charge in [0, 0.05) is 55.1 Å². The maximum atomic E-state index is 12.7. The molecule has 3 aromatic rings. The molecule has 0 radical (unpaired) electrons. The minimum atomic E-state index is 0.212. The van der Waals surface area contributed by atoms with E-state index in [1.807, 2.05) is 35.2 Å². The van der Waals surface area contributed by atoms with Crippen molar-refractivity contribution in [3.63, 3.8) is 0 Å². The molecule has 2 heterocycles. The van der Waals surface area contributed by atoms with Crippen LogP contribution in [0.1, 0.15) is 12.0 Å². The van der Waals surface area contributed by atoms with Crippen LogP contribution in [0.4, 0.5) is 0 Å². The SMILES string of the molecule is COc1ccc(-c2[nH]c3ccccc3c2CCC(=O)N2CCNCC2)c(OC)c1. The van der Waals surface area contributed by atoms with Gasteiger partial charge in [0.15, 0.2) is 0 Å². The molecular weight excluding hydrogens is 366 g/mol. The van der Waals surface area contributed by atoms with Crippen molar-refractivity contribution >= 4 is 16.8 Å². The van der Waals surface area contributed by atoms with E-state index in [-0.39, 0.29) is 5.91 Å². The van der Waals surface area contributed by atoms with Crippen molar-refractivity contribution in [3.05, 3.63) is 48.0 Å². The number of hydrogen-bond donors (Lipinski definition) is 2. The summed E-state index contributed by atoms with van der Waals surface area (Å²) in [5.74, 6) is 1.70. The second-order valence-corrected chi connectivity index (χ2v) is 7.22.